The molecule has 1 atom stereocenters. The van der Waals surface area contributed by atoms with Crippen molar-refractivity contribution >= 4 is 22.9 Å². The maximum absolute atomic E-state index is 6.31. The van der Waals surface area contributed by atoms with Gasteiger partial charge in [0.15, 0.2) is 0 Å². The van der Waals surface area contributed by atoms with Crippen molar-refractivity contribution in [3.8, 4) is 0 Å². The van der Waals surface area contributed by atoms with E-state index in [1.807, 2.05) is 6.92 Å². The van der Waals surface area contributed by atoms with Gasteiger partial charge in [0, 0.05) is 4.88 Å². The number of unbranched alkanes of at least 4 members (excludes halogenated alkanes) is 7. The Hall–Kier alpha value is -0.0900. The molecule has 1 unspecified atom stereocenters. The van der Waals surface area contributed by atoms with Crippen molar-refractivity contribution in [2.75, 3.05) is 0 Å². The molecule has 0 aliphatic rings. The van der Waals surface area contributed by atoms with Crippen molar-refractivity contribution in [1.29, 1.82) is 0 Å². The molecule has 1 aromatic rings. The first-order chi connectivity index (χ1) is 9.70. The van der Waals surface area contributed by atoms with Gasteiger partial charge >= 0.3 is 0 Å². The fourth-order valence-corrected chi connectivity index (χ4v) is 3.88. The molecule has 0 bridgehead atoms. The molecule has 0 fully saturated rings. The van der Waals surface area contributed by atoms with E-state index in [0.29, 0.717) is 0 Å². The van der Waals surface area contributed by atoms with Gasteiger partial charge in [-0.25, -0.2) is 0 Å². The van der Waals surface area contributed by atoms with Crippen LogP contribution in [0.1, 0.15) is 81.2 Å². The smallest absolute Gasteiger partial charge is 0.0590 e. The summed E-state index contributed by atoms with van der Waals surface area (Å²) >= 11 is 8.02. The zero-order chi connectivity index (χ0) is 14.8. The molecule has 0 aromatic carbocycles. The highest BCUT2D eigenvalue weighted by Crippen LogP contribution is 2.34. The highest BCUT2D eigenvalue weighted by atomic mass is 35.5. The van der Waals surface area contributed by atoms with Crippen LogP contribution in [0.2, 0.25) is 5.02 Å². The third-order valence-corrected chi connectivity index (χ3v) is 5.62. The minimum atomic E-state index is 0.210. The summed E-state index contributed by atoms with van der Waals surface area (Å²) in [6.07, 6.45) is 11.8. The van der Waals surface area contributed by atoms with Crippen LogP contribution in [0.3, 0.4) is 0 Å². The molecule has 0 saturated carbocycles. The number of nitrogens with one attached hydrogen (secondary N) is 1. The lowest BCUT2D eigenvalue weighted by Gasteiger charge is -2.15. The second-order valence-corrected chi connectivity index (χ2v) is 6.87. The molecule has 0 aliphatic carbocycles. The van der Waals surface area contributed by atoms with Gasteiger partial charge in [0.2, 0.25) is 0 Å². The second kappa shape index (κ2) is 10.6. The van der Waals surface area contributed by atoms with E-state index in [0.717, 1.165) is 17.0 Å². The summed E-state index contributed by atoms with van der Waals surface area (Å²) in [5, 5.41) is 2.99. The molecule has 2 nitrogen and oxygen atoms in total. The Bertz CT molecular complexity index is 365. The first kappa shape index (κ1) is 18.0. The topological polar surface area (TPSA) is 38.0 Å². The fourth-order valence-electron chi connectivity index (χ4n) is 2.46. The largest absolute Gasteiger partial charge is 0.271 e. The normalized spacial score (nSPS) is 12.8. The average Bonchev–Trinajstić information content (AvgIpc) is 2.78. The molecule has 20 heavy (non-hydrogen) atoms. The van der Waals surface area contributed by atoms with Crippen molar-refractivity contribution in [3.05, 3.63) is 20.8 Å². The number of halogens is 1. The molecule has 0 radical (unpaired) electrons. The predicted molar refractivity (Wildman–Crippen MR) is 91.4 cm³/mol. The van der Waals surface area contributed by atoms with Crippen molar-refractivity contribution in [3.63, 3.8) is 0 Å². The van der Waals surface area contributed by atoms with Crippen molar-refractivity contribution in [2.45, 2.75) is 77.7 Å². The summed E-state index contributed by atoms with van der Waals surface area (Å²) in [5.74, 6) is 5.68. The maximum atomic E-state index is 6.31. The molecular formula is C16H29ClN2S. The number of aryl methyl sites for hydroxylation is 1. The molecule has 4 heteroatoms. The Morgan fingerprint density at radius 3 is 2.25 bits per heavy atom. The number of hydrogen-bond acceptors (Lipinski definition) is 3. The summed E-state index contributed by atoms with van der Waals surface area (Å²) in [6, 6.07) is 0.210. The van der Waals surface area contributed by atoms with Crippen LogP contribution in [-0.4, -0.2) is 0 Å². The minimum Gasteiger partial charge on any atom is -0.271 e. The van der Waals surface area contributed by atoms with E-state index in [4.69, 9.17) is 17.4 Å². The summed E-state index contributed by atoms with van der Waals surface area (Å²) in [5.41, 5.74) is 4.07. The fraction of sp³-hybridized carbons (Fsp3) is 0.750. The molecule has 0 spiro atoms. The number of nitrogens with two attached hydrogens (primary N) is 1. The Balaban J connectivity index is 2.18. The standard InChI is InChI=1S/C16H29ClN2S/c1-3-4-5-6-7-8-9-10-11-14(19-18)16-15(17)13(2)12-20-16/h12,14,19H,3-11,18H2,1-2H3. The highest BCUT2D eigenvalue weighted by molar-refractivity contribution is 7.10. The average molecular weight is 317 g/mol. The number of thiophene rings is 1. The van der Waals surface area contributed by atoms with Crippen molar-refractivity contribution in [1.82, 2.24) is 5.43 Å². The van der Waals surface area contributed by atoms with E-state index in [-0.39, 0.29) is 6.04 Å². The van der Waals surface area contributed by atoms with E-state index in [1.165, 1.54) is 56.2 Å². The van der Waals surface area contributed by atoms with Crippen LogP contribution in [0.5, 0.6) is 0 Å². The molecule has 0 saturated heterocycles. The van der Waals surface area contributed by atoms with Crippen LogP contribution in [0, 0.1) is 6.92 Å². The zero-order valence-corrected chi connectivity index (χ0v) is 14.5. The SMILES string of the molecule is CCCCCCCCCCC(NN)c1scc(C)c1Cl. The Kier molecular flexibility index (Phi) is 9.53. The monoisotopic (exact) mass is 316 g/mol. The Morgan fingerprint density at radius 1 is 1.15 bits per heavy atom. The van der Waals surface area contributed by atoms with E-state index < -0.39 is 0 Å². The van der Waals surface area contributed by atoms with Gasteiger partial charge in [0.25, 0.3) is 0 Å². The van der Waals surface area contributed by atoms with Gasteiger partial charge in [0.05, 0.1) is 11.1 Å². The first-order valence-electron chi connectivity index (χ1n) is 7.90. The van der Waals surface area contributed by atoms with Gasteiger partial charge in [-0.1, -0.05) is 69.9 Å². The number of hydrazine groups is 1. The van der Waals surface area contributed by atoms with Gasteiger partial charge in [-0.15, -0.1) is 11.3 Å². The first-order valence-corrected chi connectivity index (χ1v) is 9.16. The molecule has 0 aliphatic heterocycles. The van der Waals surface area contributed by atoms with Gasteiger partial charge in [0.1, 0.15) is 0 Å². The third-order valence-electron chi connectivity index (χ3n) is 3.79. The van der Waals surface area contributed by atoms with Crippen LogP contribution in [0.15, 0.2) is 5.38 Å². The van der Waals surface area contributed by atoms with Gasteiger partial charge < -0.3 is 0 Å². The zero-order valence-electron chi connectivity index (χ0n) is 12.9. The Labute approximate surface area is 133 Å². The predicted octanol–water partition coefficient (Wildman–Crippen LogP) is 5.75. The van der Waals surface area contributed by atoms with Crippen LogP contribution in [0.25, 0.3) is 0 Å². The summed E-state index contributed by atoms with van der Waals surface area (Å²) in [6.45, 7) is 4.31. The van der Waals surface area contributed by atoms with E-state index in [1.54, 1.807) is 11.3 Å². The number of rotatable bonds is 11. The Morgan fingerprint density at radius 2 is 1.75 bits per heavy atom. The quantitative estimate of drug-likeness (QED) is 0.310. The molecule has 3 N–H and O–H groups in total. The van der Waals surface area contributed by atoms with E-state index in [2.05, 4.69) is 17.7 Å². The molecule has 0 amide bonds. The lowest BCUT2D eigenvalue weighted by Crippen LogP contribution is -2.27. The lowest BCUT2D eigenvalue weighted by molar-refractivity contribution is 0.480. The van der Waals surface area contributed by atoms with E-state index in [9.17, 15) is 0 Å². The third kappa shape index (κ3) is 6.13. The summed E-state index contributed by atoms with van der Waals surface area (Å²) in [7, 11) is 0. The van der Waals surface area contributed by atoms with Crippen LogP contribution < -0.4 is 11.3 Å². The van der Waals surface area contributed by atoms with Gasteiger partial charge in [-0.3, -0.25) is 11.3 Å². The van der Waals surface area contributed by atoms with Crippen LogP contribution >= 0.6 is 22.9 Å². The molecule has 1 heterocycles. The summed E-state index contributed by atoms with van der Waals surface area (Å²) < 4.78 is 0. The molecular weight excluding hydrogens is 288 g/mol. The number of hydrogen-bond donors (Lipinski definition) is 2. The van der Waals surface area contributed by atoms with Gasteiger partial charge in [-0.2, -0.15) is 0 Å². The summed E-state index contributed by atoms with van der Waals surface area (Å²) in [4.78, 5) is 1.19. The van der Waals surface area contributed by atoms with Crippen molar-refractivity contribution < 1.29 is 0 Å². The minimum absolute atomic E-state index is 0.210. The highest BCUT2D eigenvalue weighted by Gasteiger charge is 2.16. The molecule has 1 rings (SSSR count). The van der Waals surface area contributed by atoms with Gasteiger partial charge in [-0.05, 0) is 24.3 Å². The lowest BCUT2D eigenvalue weighted by atomic mass is 10.0. The molecule has 1 aromatic heterocycles. The maximum Gasteiger partial charge on any atom is 0.0590 e. The van der Waals surface area contributed by atoms with Crippen molar-refractivity contribution in [2.24, 2.45) is 5.84 Å². The second-order valence-electron chi connectivity index (χ2n) is 5.58. The van der Waals surface area contributed by atoms with E-state index >= 15 is 0 Å². The van der Waals surface area contributed by atoms with Crippen LogP contribution in [-0.2, 0) is 0 Å². The van der Waals surface area contributed by atoms with Crippen LogP contribution in [0.4, 0.5) is 0 Å². The molecule has 116 valence electrons.